The molecule has 0 spiro atoms. The molecule has 2 aromatic carbocycles. The topological polar surface area (TPSA) is 72.3 Å². The van der Waals surface area contributed by atoms with Gasteiger partial charge in [0.2, 0.25) is 0 Å². The maximum atomic E-state index is 12.3. The number of H-pyrrole nitrogens is 1. The van der Waals surface area contributed by atoms with Gasteiger partial charge in [-0.1, -0.05) is 24.3 Å². The number of hydrogen-bond donors (Lipinski definition) is 2. The Morgan fingerprint density at radius 1 is 0.840 bits per heavy atom. The average Bonchev–Trinajstić information content (AvgIpc) is 2.68. The van der Waals surface area contributed by atoms with Crippen molar-refractivity contribution in [2.75, 3.05) is 5.32 Å². The highest BCUT2D eigenvalue weighted by atomic mass is 16.2. The Morgan fingerprint density at radius 2 is 1.64 bits per heavy atom. The maximum Gasteiger partial charge on any atom is 0.255 e. The Hall–Kier alpha value is -3.47. The number of aromatic amines is 1. The highest BCUT2D eigenvalue weighted by molar-refractivity contribution is 6.05. The molecule has 0 saturated heterocycles. The molecule has 1 heterocycles. The molecule has 3 N–H and O–H groups in total. The summed E-state index contributed by atoms with van der Waals surface area (Å²) in [5.41, 5.74) is 2.61. The molecule has 0 atom stereocenters. The van der Waals surface area contributed by atoms with E-state index in [-0.39, 0.29) is 11.8 Å². The zero-order valence-electron chi connectivity index (χ0n) is 13.5. The van der Waals surface area contributed by atoms with Gasteiger partial charge in [-0.3, -0.25) is 9.59 Å². The van der Waals surface area contributed by atoms with Gasteiger partial charge in [0.15, 0.2) is 12.4 Å². The number of carbonyl (C=O) groups excluding carboxylic acids is 2. The van der Waals surface area contributed by atoms with E-state index in [2.05, 4.69) is 15.6 Å². The van der Waals surface area contributed by atoms with Crippen molar-refractivity contribution in [2.24, 2.45) is 0 Å². The Kier molecular flexibility index (Phi) is 5.16. The molecule has 0 unspecified atom stereocenters. The van der Waals surface area contributed by atoms with Gasteiger partial charge in [0.1, 0.15) is 0 Å². The van der Waals surface area contributed by atoms with E-state index in [1.807, 2.05) is 30.6 Å². The zero-order valence-corrected chi connectivity index (χ0v) is 13.5. The van der Waals surface area contributed by atoms with Crippen LogP contribution in [0.15, 0.2) is 79.1 Å². The summed E-state index contributed by atoms with van der Waals surface area (Å²) in [6, 6.07) is 19.6. The van der Waals surface area contributed by atoms with Crippen LogP contribution in [0.4, 0.5) is 5.69 Å². The average molecular weight is 332 g/mol. The maximum absolute atomic E-state index is 12.3. The third-order valence-electron chi connectivity index (χ3n) is 3.64. The predicted octanol–water partition coefficient (Wildman–Crippen LogP) is 2.68. The summed E-state index contributed by atoms with van der Waals surface area (Å²) in [5.74, 6) is -0.405. The number of pyridine rings is 1. The van der Waals surface area contributed by atoms with Gasteiger partial charge in [0.05, 0.1) is 0 Å². The molecular formula is C20H18N3O2+. The van der Waals surface area contributed by atoms with Crippen molar-refractivity contribution in [3.63, 3.8) is 0 Å². The quantitative estimate of drug-likeness (QED) is 0.754. The molecule has 0 radical (unpaired) electrons. The summed E-state index contributed by atoms with van der Waals surface area (Å²) in [7, 11) is 0. The third-order valence-corrected chi connectivity index (χ3v) is 3.64. The van der Waals surface area contributed by atoms with Crippen LogP contribution in [0.25, 0.3) is 0 Å². The Balaban J connectivity index is 1.64. The highest BCUT2D eigenvalue weighted by Gasteiger charge is 2.09. The summed E-state index contributed by atoms with van der Waals surface area (Å²) in [5, 5.41) is 5.66. The lowest BCUT2D eigenvalue weighted by atomic mass is 10.1. The van der Waals surface area contributed by atoms with Crippen molar-refractivity contribution in [1.29, 1.82) is 0 Å². The van der Waals surface area contributed by atoms with Crippen LogP contribution in [0, 0.1) is 0 Å². The molecule has 0 aliphatic rings. The molecule has 1 aromatic heterocycles. The van der Waals surface area contributed by atoms with E-state index in [4.69, 9.17) is 0 Å². The second-order valence-corrected chi connectivity index (χ2v) is 5.50. The number of rotatable bonds is 5. The first kappa shape index (κ1) is 16.4. The van der Waals surface area contributed by atoms with E-state index < -0.39 is 0 Å². The van der Waals surface area contributed by atoms with E-state index in [1.165, 1.54) is 0 Å². The standard InChI is InChI=1S/C20H17N3O2/c24-19(22-14-15-6-5-11-21-13-15)17-9-4-10-18(12-17)23-20(25)16-7-2-1-3-8-16/h1-13H,14H2,(H,22,24)(H,23,25)/p+1. The molecule has 0 saturated carbocycles. The van der Waals surface area contributed by atoms with Crippen molar-refractivity contribution in [2.45, 2.75) is 6.54 Å². The molecular weight excluding hydrogens is 314 g/mol. The van der Waals surface area contributed by atoms with Crippen LogP contribution in [0.3, 0.4) is 0 Å². The van der Waals surface area contributed by atoms with Crippen LogP contribution in [0.2, 0.25) is 0 Å². The van der Waals surface area contributed by atoms with Gasteiger partial charge in [-0.25, -0.2) is 4.98 Å². The van der Waals surface area contributed by atoms with Gasteiger partial charge >= 0.3 is 0 Å². The SMILES string of the molecule is O=C(NCc1ccc[nH+]c1)c1cccc(NC(=O)c2ccccc2)c1. The summed E-state index contributed by atoms with van der Waals surface area (Å²) in [4.78, 5) is 27.5. The van der Waals surface area contributed by atoms with Crippen molar-refractivity contribution in [3.8, 4) is 0 Å². The van der Waals surface area contributed by atoms with Crippen LogP contribution < -0.4 is 15.6 Å². The minimum absolute atomic E-state index is 0.195. The normalized spacial score (nSPS) is 10.1. The van der Waals surface area contributed by atoms with E-state index >= 15 is 0 Å². The number of hydrogen-bond acceptors (Lipinski definition) is 2. The van der Waals surface area contributed by atoms with Gasteiger partial charge in [0, 0.05) is 35.0 Å². The summed E-state index contributed by atoms with van der Waals surface area (Å²) < 4.78 is 0. The first-order valence-electron chi connectivity index (χ1n) is 7.92. The van der Waals surface area contributed by atoms with Crippen LogP contribution in [0.5, 0.6) is 0 Å². The second-order valence-electron chi connectivity index (χ2n) is 5.50. The number of nitrogens with one attached hydrogen (secondary N) is 3. The van der Waals surface area contributed by atoms with E-state index in [1.54, 1.807) is 48.5 Å². The molecule has 2 amide bonds. The number of benzene rings is 2. The molecule has 0 aliphatic carbocycles. The molecule has 3 rings (SSSR count). The second kappa shape index (κ2) is 7.88. The van der Waals surface area contributed by atoms with Crippen LogP contribution in [-0.4, -0.2) is 11.8 Å². The van der Waals surface area contributed by atoms with Crippen molar-refractivity contribution >= 4 is 17.5 Å². The Bertz CT molecular complexity index is 864. The monoisotopic (exact) mass is 332 g/mol. The molecule has 5 heteroatoms. The Labute approximate surface area is 145 Å². The van der Waals surface area contributed by atoms with Gasteiger partial charge < -0.3 is 10.6 Å². The first-order chi connectivity index (χ1) is 12.2. The molecule has 5 nitrogen and oxygen atoms in total. The summed E-state index contributed by atoms with van der Waals surface area (Å²) >= 11 is 0. The number of carbonyl (C=O) groups is 2. The van der Waals surface area contributed by atoms with Gasteiger partial charge in [0.25, 0.3) is 11.8 Å². The Morgan fingerprint density at radius 3 is 2.40 bits per heavy atom. The molecule has 0 fully saturated rings. The van der Waals surface area contributed by atoms with Crippen molar-refractivity contribution in [1.82, 2.24) is 5.32 Å². The lowest BCUT2D eigenvalue weighted by molar-refractivity contribution is -0.378. The minimum Gasteiger partial charge on any atom is -0.348 e. The van der Waals surface area contributed by atoms with Gasteiger partial charge in [-0.05, 0) is 36.4 Å². The van der Waals surface area contributed by atoms with Gasteiger partial charge in [-0.15, -0.1) is 0 Å². The first-order valence-corrected chi connectivity index (χ1v) is 7.92. The van der Waals surface area contributed by atoms with E-state index in [9.17, 15) is 9.59 Å². The van der Waals surface area contributed by atoms with E-state index in [0.29, 0.717) is 23.4 Å². The van der Waals surface area contributed by atoms with Crippen molar-refractivity contribution < 1.29 is 14.6 Å². The van der Waals surface area contributed by atoms with Crippen LogP contribution >= 0.6 is 0 Å². The van der Waals surface area contributed by atoms with Crippen molar-refractivity contribution in [3.05, 3.63) is 95.8 Å². The third kappa shape index (κ3) is 4.51. The highest BCUT2D eigenvalue weighted by Crippen LogP contribution is 2.12. The largest absolute Gasteiger partial charge is 0.348 e. The van der Waals surface area contributed by atoms with Gasteiger partial charge in [-0.2, -0.15) is 0 Å². The lowest BCUT2D eigenvalue weighted by Crippen LogP contribution is -2.23. The molecule has 0 aliphatic heterocycles. The summed E-state index contributed by atoms with van der Waals surface area (Å²) in [6.45, 7) is 0.427. The molecule has 25 heavy (non-hydrogen) atoms. The predicted molar refractivity (Wildman–Crippen MR) is 95.0 cm³/mol. The number of anilines is 1. The molecule has 124 valence electrons. The van der Waals surface area contributed by atoms with Crippen LogP contribution in [-0.2, 0) is 6.54 Å². The lowest BCUT2D eigenvalue weighted by Gasteiger charge is -2.08. The van der Waals surface area contributed by atoms with E-state index in [0.717, 1.165) is 5.56 Å². The number of aromatic nitrogens is 1. The smallest absolute Gasteiger partial charge is 0.255 e. The molecule has 3 aromatic rings. The fourth-order valence-electron chi connectivity index (χ4n) is 2.36. The minimum atomic E-state index is -0.210. The van der Waals surface area contributed by atoms with Crippen LogP contribution in [0.1, 0.15) is 26.3 Å². The number of amides is 2. The molecule has 0 bridgehead atoms. The summed E-state index contributed by atoms with van der Waals surface area (Å²) in [6.07, 6.45) is 3.64. The fourth-order valence-corrected chi connectivity index (χ4v) is 2.36. The zero-order chi connectivity index (χ0) is 17.5. The fraction of sp³-hybridized carbons (Fsp3) is 0.0500.